The number of aromatic amines is 1. The van der Waals surface area contributed by atoms with Crippen LogP contribution < -0.4 is 11.1 Å². The van der Waals surface area contributed by atoms with Crippen molar-refractivity contribution in [1.29, 1.82) is 0 Å². The van der Waals surface area contributed by atoms with Gasteiger partial charge in [0.05, 0.1) is 24.4 Å². The number of benzene rings is 1. The molecule has 0 fully saturated rings. The fraction of sp³-hybridized carbons (Fsp3) is 0.444. The van der Waals surface area contributed by atoms with E-state index in [0.29, 0.717) is 53.5 Å². The van der Waals surface area contributed by atoms with Crippen LogP contribution in [0.5, 0.6) is 0 Å². The van der Waals surface area contributed by atoms with Gasteiger partial charge in [0.1, 0.15) is 12.4 Å². The highest BCUT2D eigenvalue weighted by atomic mass is 35.5. The van der Waals surface area contributed by atoms with E-state index in [-0.39, 0.29) is 43.6 Å². The van der Waals surface area contributed by atoms with Crippen molar-refractivity contribution in [3.05, 3.63) is 52.1 Å². The summed E-state index contributed by atoms with van der Waals surface area (Å²) < 4.78 is 24.4. The zero-order chi connectivity index (χ0) is 27.8. The van der Waals surface area contributed by atoms with Crippen LogP contribution >= 0.6 is 12.4 Å². The Morgan fingerprint density at radius 2 is 1.82 bits per heavy atom. The first-order valence-corrected chi connectivity index (χ1v) is 12.7. The van der Waals surface area contributed by atoms with E-state index in [4.69, 9.17) is 15.2 Å². The van der Waals surface area contributed by atoms with Gasteiger partial charge in [-0.25, -0.2) is 14.1 Å². The number of H-pyrrole nitrogens is 1. The number of nitrogens with one attached hydrogen (secondary N) is 2. The van der Waals surface area contributed by atoms with Crippen LogP contribution in [-0.4, -0.2) is 85.2 Å². The monoisotopic (exact) mass is 565 g/mol. The maximum atomic E-state index is 13.9. The molecule has 0 saturated heterocycles. The maximum absolute atomic E-state index is 13.9. The summed E-state index contributed by atoms with van der Waals surface area (Å²) in [5, 5.41) is 2.72. The normalized spacial score (nSPS) is 13.3. The molecule has 1 aromatic carbocycles. The van der Waals surface area contributed by atoms with Crippen molar-refractivity contribution in [3.8, 4) is 0 Å². The van der Waals surface area contributed by atoms with Crippen LogP contribution in [0.25, 0.3) is 11.6 Å². The van der Waals surface area contributed by atoms with E-state index in [0.717, 1.165) is 18.0 Å². The van der Waals surface area contributed by atoms with Crippen molar-refractivity contribution in [2.75, 3.05) is 57.9 Å². The topological polar surface area (TPSA) is 130 Å². The van der Waals surface area contributed by atoms with Crippen LogP contribution in [0.15, 0.2) is 18.2 Å². The van der Waals surface area contributed by atoms with Crippen LogP contribution in [0.4, 0.5) is 14.9 Å². The van der Waals surface area contributed by atoms with Gasteiger partial charge in [-0.15, -0.1) is 12.4 Å². The molecule has 2 heterocycles. The number of halogens is 2. The van der Waals surface area contributed by atoms with E-state index in [1.807, 2.05) is 13.8 Å². The van der Waals surface area contributed by atoms with Crippen molar-refractivity contribution in [2.24, 2.45) is 5.73 Å². The zero-order valence-electron chi connectivity index (χ0n) is 22.8. The molecule has 214 valence electrons. The molecule has 0 unspecified atom stereocenters. The van der Waals surface area contributed by atoms with Crippen LogP contribution in [0.2, 0.25) is 0 Å². The number of rotatable bonds is 12. The third-order valence-corrected chi connectivity index (χ3v) is 6.46. The molecule has 0 atom stereocenters. The number of carbonyl (C=O) groups is 3. The number of likely N-dealkylation sites (N-methyl/N-ethyl adjacent to an activating group) is 1. The first-order valence-electron chi connectivity index (χ1n) is 12.7. The fourth-order valence-corrected chi connectivity index (χ4v) is 4.33. The minimum Gasteiger partial charge on any atom is -0.447 e. The zero-order valence-corrected chi connectivity index (χ0v) is 23.6. The molecule has 10 nitrogen and oxygen atoms in total. The molecule has 4 N–H and O–H groups in total. The molecular weight excluding hydrogens is 529 g/mol. The molecule has 2 aromatic rings. The van der Waals surface area contributed by atoms with Crippen molar-refractivity contribution in [2.45, 2.75) is 27.7 Å². The second-order valence-corrected chi connectivity index (χ2v) is 8.86. The highest BCUT2D eigenvalue weighted by Crippen LogP contribution is 2.34. The Morgan fingerprint density at radius 1 is 1.10 bits per heavy atom. The van der Waals surface area contributed by atoms with Crippen molar-refractivity contribution < 1.29 is 28.2 Å². The molecule has 0 radical (unpaired) electrons. The van der Waals surface area contributed by atoms with Gasteiger partial charge >= 0.3 is 6.09 Å². The number of amides is 3. The Labute approximate surface area is 234 Å². The van der Waals surface area contributed by atoms with Gasteiger partial charge in [0.15, 0.2) is 0 Å². The number of nitrogens with zero attached hydrogens (tertiary/aromatic N) is 2. The van der Waals surface area contributed by atoms with Gasteiger partial charge < -0.3 is 30.4 Å². The molecule has 0 saturated carbocycles. The number of imide groups is 1. The largest absolute Gasteiger partial charge is 0.447 e. The summed E-state index contributed by atoms with van der Waals surface area (Å²) in [6.07, 6.45) is 0.825. The quantitative estimate of drug-likeness (QED) is 0.265. The highest BCUT2D eigenvalue weighted by Gasteiger charge is 2.30. The van der Waals surface area contributed by atoms with Gasteiger partial charge in [-0.05, 0) is 56.8 Å². The van der Waals surface area contributed by atoms with Gasteiger partial charge in [-0.3, -0.25) is 9.59 Å². The smallest absolute Gasteiger partial charge is 0.416 e. The Balaban J connectivity index is 0.00000533. The molecule has 12 heteroatoms. The average molecular weight is 566 g/mol. The molecule has 0 bridgehead atoms. The molecule has 3 rings (SSSR count). The van der Waals surface area contributed by atoms with Crippen LogP contribution in [0.1, 0.15) is 46.7 Å². The Bertz CT molecular complexity index is 1210. The standard InChI is InChI=1S/C27H36FN5O5.ClH/c1-5-32(6-2)10-11-33(27(36)38-14-13-37-12-9-29)26(35)24-17(3)23(30-18(24)4)16-21-20-15-19(28)7-8-22(20)31-25(21)34;/h7-8,15-16,30H,5-6,9-14,29H2,1-4H3,(H,31,34);1H/b21-16-;. The summed E-state index contributed by atoms with van der Waals surface area (Å²) in [4.78, 5) is 45.6. The number of anilines is 1. The predicted octanol–water partition coefficient (Wildman–Crippen LogP) is 3.58. The van der Waals surface area contributed by atoms with E-state index in [2.05, 4.69) is 15.2 Å². The van der Waals surface area contributed by atoms with Gasteiger partial charge in [-0.2, -0.15) is 0 Å². The van der Waals surface area contributed by atoms with E-state index in [1.54, 1.807) is 19.9 Å². The van der Waals surface area contributed by atoms with Gasteiger partial charge in [0.25, 0.3) is 11.8 Å². The number of nitrogens with two attached hydrogens (primary N) is 1. The lowest BCUT2D eigenvalue weighted by molar-refractivity contribution is -0.110. The number of fused-ring (bicyclic) bond motifs is 1. The maximum Gasteiger partial charge on any atom is 0.416 e. The number of hydrogen-bond donors (Lipinski definition) is 3. The van der Waals surface area contributed by atoms with Gasteiger partial charge in [-0.1, -0.05) is 13.8 Å². The summed E-state index contributed by atoms with van der Waals surface area (Å²) in [6.45, 7) is 10.5. The van der Waals surface area contributed by atoms with Crippen LogP contribution in [0.3, 0.4) is 0 Å². The number of ether oxygens (including phenoxy) is 2. The Morgan fingerprint density at radius 3 is 2.49 bits per heavy atom. The van der Waals surface area contributed by atoms with Crippen LogP contribution in [-0.2, 0) is 14.3 Å². The molecule has 39 heavy (non-hydrogen) atoms. The lowest BCUT2D eigenvalue weighted by Gasteiger charge is -2.25. The Kier molecular flexibility index (Phi) is 12.1. The SMILES string of the molecule is CCN(CC)CCN(C(=O)OCCOCCN)C(=O)c1c(C)[nH]c(/C=C2\C(=O)Nc3ccc(F)cc32)c1C.Cl. The lowest BCUT2D eigenvalue weighted by Crippen LogP contribution is -2.43. The molecule has 0 aliphatic carbocycles. The van der Waals surface area contributed by atoms with Gasteiger partial charge in [0.2, 0.25) is 0 Å². The number of hydrogen-bond acceptors (Lipinski definition) is 7. The molecule has 1 aliphatic rings. The Hall–Kier alpha value is -3.25. The fourth-order valence-electron chi connectivity index (χ4n) is 4.33. The summed E-state index contributed by atoms with van der Waals surface area (Å²) in [5.41, 5.74) is 8.55. The summed E-state index contributed by atoms with van der Waals surface area (Å²) in [5.74, 6) is -1.34. The highest BCUT2D eigenvalue weighted by molar-refractivity contribution is 6.35. The number of aryl methyl sites for hydroxylation is 1. The minimum atomic E-state index is -0.766. The molecular formula is C27H37ClFN5O5. The predicted molar refractivity (Wildman–Crippen MR) is 150 cm³/mol. The summed E-state index contributed by atoms with van der Waals surface area (Å²) in [7, 11) is 0. The minimum absolute atomic E-state index is 0. The molecule has 1 aliphatic heterocycles. The van der Waals surface area contributed by atoms with E-state index in [1.165, 1.54) is 18.2 Å². The van der Waals surface area contributed by atoms with E-state index >= 15 is 0 Å². The van der Waals surface area contributed by atoms with E-state index in [9.17, 15) is 18.8 Å². The molecule has 0 spiro atoms. The molecule has 1 aromatic heterocycles. The van der Waals surface area contributed by atoms with Crippen LogP contribution in [0, 0.1) is 19.7 Å². The second-order valence-electron chi connectivity index (χ2n) is 8.86. The lowest BCUT2D eigenvalue weighted by atomic mass is 10.0. The summed E-state index contributed by atoms with van der Waals surface area (Å²) >= 11 is 0. The van der Waals surface area contributed by atoms with Crippen molar-refractivity contribution in [1.82, 2.24) is 14.8 Å². The number of carbonyl (C=O) groups excluding carboxylic acids is 3. The molecule has 3 amide bonds. The third kappa shape index (κ3) is 7.66. The first kappa shape index (κ1) is 32.0. The van der Waals surface area contributed by atoms with E-state index < -0.39 is 17.8 Å². The average Bonchev–Trinajstić information content (AvgIpc) is 3.35. The van der Waals surface area contributed by atoms with Gasteiger partial charge in [0, 0.05) is 42.3 Å². The third-order valence-electron chi connectivity index (χ3n) is 6.46. The van der Waals surface area contributed by atoms with Crippen molar-refractivity contribution in [3.63, 3.8) is 0 Å². The summed E-state index contributed by atoms with van der Waals surface area (Å²) in [6, 6.07) is 4.07. The van der Waals surface area contributed by atoms with Crippen molar-refractivity contribution >= 4 is 47.7 Å². The number of aromatic nitrogens is 1. The second kappa shape index (κ2) is 14.8. The first-order chi connectivity index (χ1) is 18.2.